The molecule has 0 spiro atoms. The number of likely N-dealkylation sites (tertiary alicyclic amines) is 1. The van der Waals surface area contributed by atoms with Crippen molar-refractivity contribution in [3.63, 3.8) is 0 Å². The van der Waals surface area contributed by atoms with E-state index in [0.717, 1.165) is 69.4 Å². The maximum atomic E-state index is 6.10. The number of nitrogens with zero attached hydrogens (tertiary/aromatic N) is 2. The van der Waals surface area contributed by atoms with Crippen LogP contribution in [0, 0.1) is 0 Å². The number of para-hydroxylation sites is 1. The summed E-state index contributed by atoms with van der Waals surface area (Å²) in [5.74, 6) is 3.00. The maximum absolute atomic E-state index is 6.10. The number of piperidine rings is 1. The molecule has 1 N–H and O–H groups in total. The molecule has 1 saturated heterocycles. The lowest BCUT2D eigenvalue weighted by molar-refractivity contribution is 0.129. The number of hydrogen-bond acceptors (Lipinski definition) is 3. The Morgan fingerprint density at radius 1 is 1.17 bits per heavy atom. The number of aliphatic imine (C=N–C) groups is 1. The van der Waals surface area contributed by atoms with E-state index in [4.69, 9.17) is 9.47 Å². The Bertz CT molecular complexity index is 805. The third-order valence-electron chi connectivity index (χ3n) is 5.45. The van der Waals surface area contributed by atoms with Crippen molar-refractivity contribution >= 4 is 29.9 Å². The molecule has 2 heterocycles. The molecule has 29 heavy (non-hydrogen) atoms. The molecular weight excluding hydrogens is 477 g/mol. The van der Waals surface area contributed by atoms with Gasteiger partial charge in [-0.3, -0.25) is 4.99 Å². The summed E-state index contributed by atoms with van der Waals surface area (Å²) >= 11 is 0. The summed E-state index contributed by atoms with van der Waals surface area (Å²) in [7, 11) is 1.86. The lowest BCUT2D eigenvalue weighted by Gasteiger charge is -2.34. The van der Waals surface area contributed by atoms with Crippen LogP contribution in [0.4, 0.5) is 0 Å². The maximum Gasteiger partial charge on any atom is 0.193 e. The van der Waals surface area contributed by atoms with Crippen LogP contribution in [0.3, 0.4) is 0 Å². The van der Waals surface area contributed by atoms with E-state index >= 15 is 0 Å². The van der Waals surface area contributed by atoms with Gasteiger partial charge < -0.3 is 19.7 Å². The second kappa shape index (κ2) is 10.7. The van der Waals surface area contributed by atoms with Gasteiger partial charge in [-0.15, -0.1) is 24.0 Å². The third kappa shape index (κ3) is 5.78. The van der Waals surface area contributed by atoms with Crippen LogP contribution >= 0.6 is 24.0 Å². The summed E-state index contributed by atoms with van der Waals surface area (Å²) in [5.41, 5.74) is 2.68. The van der Waals surface area contributed by atoms with Crippen LogP contribution in [-0.4, -0.2) is 50.3 Å². The summed E-state index contributed by atoms with van der Waals surface area (Å²) in [6.07, 6.45) is 4.32. The van der Waals surface area contributed by atoms with Crippen LogP contribution in [0.1, 0.15) is 24.0 Å². The lowest BCUT2D eigenvalue weighted by atomic mass is 10.1. The van der Waals surface area contributed by atoms with Crippen molar-refractivity contribution in [2.24, 2.45) is 4.99 Å². The number of fused-ring (bicyclic) bond motifs is 1. The lowest BCUT2D eigenvalue weighted by Crippen LogP contribution is -2.47. The average Bonchev–Trinajstić information content (AvgIpc) is 3.21. The van der Waals surface area contributed by atoms with Crippen molar-refractivity contribution in [2.75, 3.05) is 33.3 Å². The van der Waals surface area contributed by atoms with E-state index in [0.29, 0.717) is 0 Å². The Morgan fingerprint density at radius 2 is 1.97 bits per heavy atom. The predicted molar refractivity (Wildman–Crippen MR) is 128 cm³/mol. The molecule has 0 unspecified atom stereocenters. The molecule has 0 bridgehead atoms. The van der Waals surface area contributed by atoms with Crippen molar-refractivity contribution in [3.05, 3.63) is 59.7 Å². The van der Waals surface area contributed by atoms with Crippen LogP contribution < -0.4 is 14.8 Å². The summed E-state index contributed by atoms with van der Waals surface area (Å²) in [5, 5.41) is 3.52. The molecule has 2 aromatic carbocycles. The van der Waals surface area contributed by atoms with Crippen molar-refractivity contribution in [2.45, 2.75) is 31.8 Å². The fourth-order valence-corrected chi connectivity index (χ4v) is 3.92. The quantitative estimate of drug-likeness (QED) is 0.379. The fourth-order valence-electron chi connectivity index (χ4n) is 3.92. The molecule has 1 fully saturated rings. The molecular formula is C23H30IN3O2. The molecule has 156 valence electrons. The predicted octanol–water partition coefficient (Wildman–Crippen LogP) is 3.90. The van der Waals surface area contributed by atoms with Crippen molar-refractivity contribution < 1.29 is 9.47 Å². The van der Waals surface area contributed by atoms with E-state index in [-0.39, 0.29) is 30.1 Å². The van der Waals surface area contributed by atoms with E-state index in [2.05, 4.69) is 33.4 Å². The number of hydrogen-bond donors (Lipinski definition) is 1. The SMILES string of the molecule is CN=C(NCCc1ccc2c(c1)CCO2)N1CCC(Oc2ccccc2)CC1.I. The highest BCUT2D eigenvalue weighted by molar-refractivity contribution is 14.0. The monoisotopic (exact) mass is 507 g/mol. The topological polar surface area (TPSA) is 46.1 Å². The number of ether oxygens (including phenoxy) is 2. The molecule has 5 nitrogen and oxygen atoms in total. The first-order chi connectivity index (χ1) is 13.8. The van der Waals surface area contributed by atoms with Crippen LogP contribution in [0.25, 0.3) is 0 Å². The van der Waals surface area contributed by atoms with E-state index in [9.17, 15) is 0 Å². The highest BCUT2D eigenvalue weighted by Gasteiger charge is 2.22. The van der Waals surface area contributed by atoms with Crippen LogP contribution in [0.15, 0.2) is 53.5 Å². The average molecular weight is 507 g/mol. The summed E-state index contributed by atoms with van der Waals surface area (Å²) < 4.78 is 11.7. The Labute approximate surface area is 190 Å². The molecule has 6 heteroatoms. The van der Waals surface area contributed by atoms with Crippen LogP contribution in [-0.2, 0) is 12.8 Å². The molecule has 2 aliphatic rings. The van der Waals surface area contributed by atoms with Gasteiger partial charge in [-0.25, -0.2) is 0 Å². The van der Waals surface area contributed by atoms with Gasteiger partial charge in [-0.05, 0) is 35.7 Å². The summed E-state index contributed by atoms with van der Waals surface area (Å²) in [6, 6.07) is 16.6. The van der Waals surface area contributed by atoms with E-state index in [1.807, 2.05) is 37.4 Å². The minimum atomic E-state index is 0. The molecule has 0 saturated carbocycles. The van der Waals surface area contributed by atoms with Gasteiger partial charge in [0.05, 0.1) is 6.61 Å². The van der Waals surface area contributed by atoms with Gasteiger partial charge in [0.15, 0.2) is 5.96 Å². The molecule has 4 rings (SSSR count). The van der Waals surface area contributed by atoms with Gasteiger partial charge in [-0.2, -0.15) is 0 Å². The molecule has 0 atom stereocenters. The number of benzene rings is 2. The van der Waals surface area contributed by atoms with Gasteiger partial charge >= 0.3 is 0 Å². The highest BCUT2D eigenvalue weighted by atomic mass is 127. The van der Waals surface area contributed by atoms with Gasteiger partial charge in [0.25, 0.3) is 0 Å². The fraction of sp³-hybridized carbons (Fsp3) is 0.435. The number of nitrogens with one attached hydrogen (secondary N) is 1. The minimum absolute atomic E-state index is 0. The van der Waals surface area contributed by atoms with Crippen molar-refractivity contribution in [1.29, 1.82) is 0 Å². The van der Waals surface area contributed by atoms with Gasteiger partial charge in [0.2, 0.25) is 0 Å². The number of guanidine groups is 1. The zero-order chi connectivity index (χ0) is 19.2. The van der Waals surface area contributed by atoms with Gasteiger partial charge in [0.1, 0.15) is 17.6 Å². The molecule has 2 aliphatic heterocycles. The molecule has 0 aliphatic carbocycles. The summed E-state index contributed by atoms with van der Waals surface area (Å²) in [6.45, 7) is 3.63. The standard InChI is InChI=1S/C23H29N3O2.HI/c1-24-23(25-13-9-18-7-8-22-19(17-18)12-16-27-22)26-14-10-21(11-15-26)28-20-5-3-2-4-6-20;/h2-8,17,21H,9-16H2,1H3,(H,24,25);1H. The van der Waals surface area contributed by atoms with Crippen molar-refractivity contribution in [1.82, 2.24) is 10.2 Å². The van der Waals surface area contributed by atoms with Gasteiger partial charge in [-0.1, -0.05) is 30.3 Å². The van der Waals surface area contributed by atoms with E-state index in [1.165, 1.54) is 11.1 Å². The van der Waals surface area contributed by atoms with Crippen molar-refractivity contribution in [3.8, 4) is 11.5 Å². The molecule has 0 radical (unpaired) electrons. The number of halogens is 1. The minimum Gasteiger partial charge on any atom is -0.493 e. The van der Waals surface area contributed by atoms with Gasteiger partial charge in [0, 0.05) is 45.9 Å². The highest BCUT2D eigenvalue weighted by Crippen LogP contribution is 2.26. The zero-order valence-electron chi connectivity index (χ0n) is 17.0. The first-order valence-electron chi connectivity index (χ1n) is 10.2. The summed E-state index contributed by atoms with van der Waals surface area (Å²) in [4.78, 5) is 6.82. The zero-order valence-corrected chi connectivity index (χ0v) is 19.3. The Kier molecular flexibility index (Phi) is 8.03. The number of rotatable bonds is 5. The molecule has 0 amide bonds. The Balaban J connectivity index is 0.00000240. The van der Waals surface area contributed by atoms with E-state index in [1.54, 1.807) is 0 Å². The first kappa shape index (κ1) is 21.7. The Hall–Kier alpha value is -1.96. The van der Waals surface area contributed by atoms with E-state index < -0.39 is 0 Å². The molecule has 2 aromatic rings. The normalized spacial score (nSPS) is 16.6. The van der Waals surface area contributed by atoms with Crippen LogP contribution in [0.5, 0.6) is 11.5 Å². The first-order valence-corrected chi connectivity index (χ1v) is 10.2. The smallest absolute Gasteiger partial charge is 0.193 e. The second-order valence-corrected chi connectivity index (χ2v) is 7.38. The second-order valence-electron chi connectivity index (χ2n) is 7.38. The third-order valence-corrected chi connectivity index (χ3v) is 5.45. The largest absolute Gasteiger partial charge is 0.493 e. The molecule has 0 aromatic heterocycles. The van der Waals surface area contributed by atoms with Crippen LogP contribution in [0.2, 0.25) is 0 Å². The Morgan fingerprint density at radius 3 is 2.72 bits per heavy atom.